The molecule has 1 aliphatic carbocycles. The third kappa shape index (κ3) is 3.62. The van der Waals surface area contributed by atoms with Crippen LogP contribution in [0.2, 0.25) is 0 Å². The summed E-state index contributed by atoms with van der Waals surface area (Å²) in [6, 6.07) is 11.9. The van der Waals surface area contributed by atoms with Gasteiger partial charge in [-0.2, -0.15) is 0 Å². The number of carbonyl (C=O) groups excluding carboxylic acids is 1. The number of para-hydroxylation sites is 2. The van der Waals surface area contributed by atoms with Crippen LogP contribution in [0.5, 0.6) is 17.2 Å². The molecule has 126 valence electrons. The summed E-state index contributed by atoms with van der Waals surface area (Å²) in [6.07, 6.45) is 4.65. The second kappa shape index (κ2) is 7.25. The van der Waals surface area contributed by atoms with E-state index in [9.17, 15) is 9.90 Å². The number of phenolic OH excluding ortho intramolecular Hbond substituents is 1. The van der Waals surface area contributed by atoms with Gasteiger partial charge in [-0.05, 0) is 49.9 Å². The molecule has 0 bridgehead atoms. The van der Waals surface area contributed by atoms with Gasteiger partial charge in [0.2, 0.25) is 0 Å². The summed E-state index contributed by atoms with van der Waals surface area (Å²) in [5.74, 6) is 0.637. The molecule has 5 heteroatoms. The molecule has 0 atom stereocenters. The fraction of sp³-hybridized carbons (Fsp3) is 0.316. The van der Waals surface area contributed by atoms with E-state index < -0.39 is 5.91 Å². The number of aromatic hydroxyl groups is 1. The van der Waals surface area contributed by atoms with Crippen LogP contribution in [-0.4, -0.2) is 24.2 Å². The van der Waals surface area contributed by atoms with Gasteiger partial charge in [-0.25, -0.2) is 0 Å². The molecule has 0 heterocycles. The van der Waals surface area contributed by atoms with E-state index in [4.69, 9.17) is 9.47 Å². The van der Waals surface area contributed by atoms with Crippen molar-refractivity contribution in [1.29, 1.82) is 0 Å². The predicted molar refractivity (Wildman–Crippen MR) is 91.9 cm³/mol. The van der Waals surface area contributed by atoms with Crippen LogP contribution in [-0.2, 0) is 0 Å². The van der Waals surface area contributed by atoms with Gasteiger partial charge in [0.25, 0.3) is 5.91 Å². The van der Waals surface area contributed by atoms with E-state index in [1.165, 1.54) is 32.1 Å². The van der Waals surface area contributed by atoms with Gasteiger partial charge in [-0.3, -0.25) is 4.79 Å². The molecule has 0 saturated heterocycles. The Balaban J connectivity index is 1.76. The number of hydrogen-bond donors (Lipinski definition) is 2. The minimum Gasteiger partial charge on any atom is -0.507 e. The average Bonchev–Trinajstić information content (AvgIpc) is 3.09. The first-order valence-electron chi connectivity index (χ1n) is 8.11. The summed E-state index contributed by atoms with van der Waals surface area (Å²) in [5, 5.41) is 12.8. The molecule has 0 spiro atoms. The van der Waals surface area contributed by atoms with Crippen molar-refractivity contribution >= 4 is 11.6 Å². The maximum Gasteiger partial charge on any atom is 0.259 e. The zero-order valence-corrected chi connectivity index (χ0v) is 13.6. The van der Waals surface area contributed by atoms with Crippen LogP contribution in [0.4, 0.5) is 5.69 Å². The highest BCUT2D eigenvalue weighted by atomic mass is 16.5. The molecule has 2 aromatic rings. The van der Waals surface area contributed by atoms with Crippen LogP contribution >= 0.6 is 0 Å². The topological polar surface area (TPSA) is 67.8 Å². The number of ether oxygens (including phenoxy) is 2. The Morgan fingerprint density at radius 3 is 2.62 bits per heavy atom. The lowest BCUT2D eigenvalue weighted by molar-refractivity contribution is 0.102. The van der Waals surface area contributed by atoms with E-state index in [0.717, 1.165) is 12.8 Å². The normalized spacial score (nSPS) is 14.4. The van der Waals surface area contributed by atoms with Crippen molar-refractivity contribution in [3.63, 3.8) is 0 Å². The minimum atomic E-state index is -0.391. The third-order valence-corrected chi connectivity index (χ3v) is 4.18. The van der Waals surface area contributed by atoms with Crippen LogP contribution in [0.15, 0.2) is 42.5 Å². The summed E-state index contributed by atoms with van der Waals surface area (Å²) in [6.45, 7) is 0. The molecule has 1 aliphatic rings. The van der Waals surface area contributed by atoms with E-state index in [0.29, 0.717) is 17.2 Å². The second-order valence-electron chi connectivity index (χ2n) is 5.86. The molecular formula is C19H21NO4. The minimum absolute atomic E-state index is 0.124. The number of amides is 1. The van der Waals surface area contributed by atoms with E-state index in [1.807, 2.05) is 18.2 Å². The Morgan fingerprint density at radius 2 is 1.92 bits per heavy atom. The summed E-state index contributed by atoms with van der Waals surface area (Å²) in [5.41, 5.74) is 0.788. The number of benzene rings is 2. The van der Waals surface area contributed by atoms with Gasteiger partial charge in [-0.15, -0.1) is 0 Å². The standard InChI is InChI=1S/C19H21NO4/c1-23-14-10-11-15(17(21)12-14)19(22)20-16-8-4-5-9-18(16)24-13-6-2-3-7-13/h4-5,8-13,21H,2-3,6-7H2,1H3,(H,20,22). The first-order valence-corrected chi connectivity index (χ1v) is 8.11. The Labute approximate surface area is 141 Å². The largest absolute Gasteiger partial charge is 0.507 e. The fourth-order valence-electron chi connectivity index (χ4n) is 2.88. The lowest BCUT2D eigenvalue weighted by Gasteiger charge is -2.17. The van der Waals surface area contributed by atoms with Gasteiger partial charge in [0.05, 0.1) is 24.5 Å². The van der Waals surface area contributed by atoms with Crippen molar-refractivity contribution < 1.29 is 19.4 Å². The van der Waals surface area contributed by atoms with Crippen molar-refractivity contribution in [1.82, 2.24) is 0 Å². The Kier molecular flexibility index (Phi) is 4.89. The molecule has 2 aromatic carbocycles. The Bertz CT molecular complexity index is 723. The van der Waals surface area contributed by atoms with Crippen molar-refractivity contribution in [2.75, 3.05) is 12.4 Å². The zero-order chi connectivity index (χ0) is 16.9. The molecule has 3 rings (SSSR count). The van der Waals surface area contributed by atoms with Crippen LogP contribution < -0.4 is 14.8 Å². The highest BCUT2D eigenvalue weighted by Crippen LogP contribution is 2.31. The van der Waals surface area contributed by atoms with Gasteiger partial charge < -0.3 is 19.9 Å². The average molecular weight is 327 g/mol. The highest BCUT2D eigenvalue weighted by Gasteiger charge is 2.19. The molecule has 1 fully saturated rings. The van der Waals surface area contributed by atoms with Crippen molar-refractivity contribution in [2.45, 2.75) is 31.8 Å². The number of phenols is 1. The number of hydrogen-bond acceptors (Lipinski definition) is 4. The third-order valence-electron chi connectivity index (χ3n) is 4.18. The van der Waals surface area contributed by atoms with Gasteiger partial charge in [0.15, 0.2) is 0 Å². The number of rotatable bonds is 5. The first-order chi connectivity index (χ1) is 11.7. The second-order valence-corrected chi connectivity index (χ2v) is 5.86. The first kappa shape index (κ1) is 16.2. The maximum atomic E-state index is 12.5. The Hall–Kier alpha value is -2.69. The SMILES string of the molecule is COc1ccc(C(=O)Nc2ccccc2OC2CCCC2)c(O)c1. The van der Waals surface area contributed by atoms with Crippen LogP contribution in [0.25, 0.3) is 0 Å². The van der Waals surface area contributed by atoms with Gasteiger partial charge in [0.1, 0.15) is 17.2 Å². The molecule has 0 aliphatic heterocycles. The van der Waals surface area contributed by atoms with E-state index in [2.05, 4.69) is 5.32 Å². The molecule has 5 nitrogen and oxygen atoms in total. The smallest absolute Gasteiger partial charge is 0.259 e. The molecule has 0 unspecified atom stereocenters. The lowest BCUT2D eigenvalue weighted by Crippen LogP contribution is -2.16. The summed E-state index contributed by atoms with van der Waals surface area (Å²) in [7, 11) is 1.51. The fourth-order valence-corrected chi connectivity index (χ4v) is 2.88. The quantitative estimate of drug-likeness (QED) is 0.872. The lowest BCUT2D eigenvalue weighted by atomic mass is 10.1. The summed E-state index contributed by atoms with van der Waals surface area (Å²) in [4.78, 5) is 12.5. The molecule has 1 saturated carbocycles. The monoisotopic (exact) mass is 327 g/mol. The number of anilines is 1. The predicted octanol–water partition coefficient (Wildman–Crippen LogP) is 3.97. The maximum absolute atomic E-state index is 12.5. The van der Waals surface area contributed by atoms with Crippen LogP contribution in [0, 0.1) is 0 Å². The molecule has 1 amide bonds. The molecular weight excluding hydrogens is 306 g/mol. The van der Waals surface area contributed by atoms with E-state index >= 15 is 0 Å². The van der Waals surface area contributed by atoms with Gasteiger partial charge in [-0.1, -0.05) is 12.1 Å². The van der Waals surface area contributed by atoms with Gasteiger partial charge >= 0.3 is 0 Å². The molecule has 0 radical (unpaired) electrons. The van der Waals surface area contributed by atoms with Crippen LogP contribution in [0.1, 0.15) is 36.0 Å². The molecule has 24 heavy (non-hydrogen) atoms. The van der Waals surface area contributed by atoms with E-state index in [1.54, 1.807) is 12.1 Å². The highest BCUT2D eigenvalue weighted by molar-refractivity contribution is 6.06. The summed E-state index contributed by atoms with van der Waals surface area (Å²) < 4.78 is 11.0. The molecule has 2 N–H and O–H groups in total. The Morgan fingerprint density at radius 1 is 1.17 bits per heavy atom. The number of carbonyl (C=O) groups is 1. The van der Waals surface area contributed by atoms with Crippen molar-refractivity contribution in [3.8, 4) is 17.2 Å². The van der Waals surface area contributed by atoms with Crippen LogP contribution in [0.3, 0.4) is 0 Å². The zero-order valence-electron chi connectivity index (χ0n) is 13.6. The molecule has 0 aromatic heterocycles. The van der Waals surface area contributed by atoms with Crippen molar-refractivity contribution in [3.05, 3.63) is 48.0 Å². The summed E-state index contributed by atoms with van der Waals surface area (Å²) >= 11 is 0. The van der Waals surface area contributed by atoms with E-state index in [-0.39, 0.29) is 17.4 Å². The van der Waals surface area contributed by atoms with Crippen molar-refractivity contribution in [2.24, 2.45) is 0 Å². The number of nitrogens with one attached hydrogen (secondary N) is 1. The van der Waals surface area contributed by atoms with Gasteiger partial charge in [0, 0.05) is 6.07 Å². The number of methoxy groups -OCH3 is 1.